The van der Waals surface area contributed by atoms with Crippen molar-refractivity contribution in [3.8, 4) is 11.1 Å². The Morgan fingerprint density at radius 3 is 2.11 bits per heavy atom. The first kappa shape index (κ1) is 19.0. The van der Waals surface area contributed by atoms with Gasteiger partial charge in [0.05, 0.1) is 0 Å². The molecule has 0 aromatic heterocycles. The molecule has 0 heteroatoms. The second kappa shape index (κ2) is 7.24. The molecular formula is C28H32. The molecule has 0 N–H and O–H groups in total. The maximum Gasteiger partial charge on any atom is 0.0352 e. The minimum Gasteiger partial charge on any atom is -0.0648 e. The third kappa shape index (κ3) is 3.09. The molecule has 0 saturated heterocycles. The fourth-order valence-corrected chi connectivity index (χ4v) is 4.45. The number of hydrogen-bond acceptors (Lipinski definition) is 0. The zero-order valence-corrected chi connectivity index (χ0v) is 17.9. The molecule has 0 heterocycles. The van der Waals surface area contributed by atoms with Crippen molar-refractivity contribution in [3.63, 3.8) is 0 Å². The Bertz CT molecular complexity index is 978. The summed E-state index contributed by atoms with van der Waals surface area (Å²) in [5.74, 6) is 0.933. The minimum atomic E-state index is 0.201. The van der Waals surface area contributed by atoms with Crippen molar-refractivity contribution < 1.29 is 0 Å². The molecule has 0 nitrogen and oxygen atoms in total. The van der Waals surface area contributed by atoms with Crippen LogP contribution < -0.4 is 0 Å². The molecule has 144 valence electrons. The summed E-state index contributed by atoms with van der Waals surface area (Å²) in [7, 11) is 0. The number of hydrogen-bond donors (Lipinski definition) is 0. The van der Waals surface area contributed by atoms with Crippen LogP contribution in [0.4, 0.5) is 0 Å². The van der Waals surface area contributed by atoms with Gasteiger partial charge in [0.2, 0.25) is 0 Å². The highest BCUT2D eigenvalue weighted by atomic mass is 14.3. The standard InChI is InChI=1S/C28H32/c1-6-19(3)21-13-15-23-24-16-14-22(28(4,5)7-2)18-26(24)27(25(23)17-21)20-11-9-8-10-12-20/h8-19,27H,6-7H2,1-5H3. The maximum absolute atomic E-state index is 2.49. The Labute approximate surface area is 170 Å². The van der Waals surface area contributed by atoms with Gasteiger partial charge in [-0.25, -0.2) is 0 Å². The van der Waals surface area contributed by atoms with Gasteiger partial charge < -0.3 is 0 Å². The van der Waals surface area contributed by atoms with Gasteiger partial charge in [-0.2, -0.15) is 0 Å². The van der Waals surface area contributed by atoms with Crippen molar-refractivity contribution in [1.29, 1.82) is 0 Å². The lowest BCUT2D eigenvalue weighted by atomic mass is 9.79. The monoisotopic (exact) mass is 368 g/mol. The van der Waals surface area contributed by atoms with Crippen LogP contribution in [0, 0.1) is 0 Å². The van der Waals surface area contributed by atoms with Gasteiger partial charge in [0.15, 0.2) is 0 Å². The second-order valence-electron chi connectivity index (χ2n) is 9.04. The molecule has 0 spiro atoms. The SMILES string of the molecule is CCC(C)c1ccc2c(c1)C(c1ccccc1)c1cc(C(C)(C)CC)ccc1-2. The van der Waals surface area contributed by atoms with Crippen LogP contribution in [0.3, 0.4) is 0 Å². The largest absolute Gasteiger partial charge is 0.0648 e. The predicted molar refractivity (Wildman–Crippen MR) is 121 cm³/mol. The van der Waals surface area contributed by atoms with E-state index in [-0.39, 0.29) is 5.41 Å². The van der Waals surface area contributed by atoms with Crippen LogP contribution >= 0.6 is 0 Å². The van der Waals surface area contributed by atoms with Gasteiger partial charge in [-0.1, -0.05) is 101 Å². The van der Waals surface area contributed by atoms with E-state index < -0.39 is 0 Å². The Hall–Kier alpha value is -2.34. The first-order valence-electron chi connectivity index (χ1n) is 10.8. The van der Waals surface area contributed by atoms with E-state index in [1.54, 1.807) is 0 Å². The fourth-order valence-electron chi connectivity index (χ4n) is 4.45. The molecule has 28 heavy (non-hydrogen) atoms. The number of fused-ring (bicyclic) bond motifs is 3. The zero-order chi connectivity index (χ0) is 19.9. The van der Waals surface area contributed by atoms with E-state index in [1.165, 1.54) is 45.4 Å². The van der Waals surface area contributed by atoms with E-state index >= 15 is 0 Å². The third-order valence-electron chi connectivity index (χ3n) is 7.02. The van der Waals surface area contributed by atoms with E-state index in [0.717, 1.165) is 6.42 Å². The molecule has 0 aliphatic heterocycles. The number of benzene rings is 3. The summed E-state index contributed by atoms with van der Waals surface area (Å²) >= 11 is 0. The summed E-state index contributed by atoms with van der Waals surface area (Å²) in [6.45, 7) is 11.6. The molecule has 0 radical (unpaired) electrons. The average Bonchev–Trinajstić information content (AvgIpc) is 3.06. The fraction of sp³-hybridized carbons (Fsp3) is 0.357. The van der Waals surface area contributed by atoms with Crippen LogP contribution in [0.2, 0.25) is 0 Å². The molecule has 3 aromatic rings. The molecule has 0 amide bonds. The van der Waals surface area contributed by atoms with Gasteiger partial charge in [0.1, 0.15) is 0 Å². The smallest absolute Gasteiger partial charge is 0.0352 e. The van der Waals surface area contributed by atoms with Gasteiger partial charge in [-0.15, -0.1) is 0 Å². The Kier molecular flexibility index (Phi) is 4.91. The van der Waals surface area contributed by atoms with Crippen LogP contribution in [0.15, 0.2) is 66.7 Å². The molecule has 0 fully saturated rings. The van der Waals surface area contributed by atoms with Crippen LogP contribution in [-0.2, 0) is 5.41 Å². The summed E-state index contributed by atoms with van der Waals surface area (Å²) in [6.07, 6.45) is 2.32. The highest BCUT2D eigenvalue weighted by molar-refractivity contribution is 5.81. The quantitative estimate of drug-likeness (QED) is 0.334. The van der Waals surface area contributed by atoms with E-state index in [4.69, 9.17) is 0 Å². The van der Waals surface area contributed by atoms with Gasteiger partial charge in [0, 0.05) is 5.92 Å². The van der Waals surface area contributed by atoms with Gasteiger partial charge in [-0.3, -0.25) is 0 Å². The van der Waals surface area contributed by atoms with Crippen LogP contribution in [0.1, 0.15) is 87.1 Å². The summed E-state index contributed by atoms with van der Waals surface area (Å²) in [5.41, 5.74) is 10.3. The first-order valence-corrected chi connectivity index (χ1v) is 10.8. The summed E-state index contributed by atoms with van der Waals surface area (Å²) < 4.78 is 0. The highest BCUT2D eigenvalue weighted by Crippen LogP contribution is 2.50. The molecule has 1 aliphatic carbocycles. The normalized spacial score (nSPS) is 16.5. The first-order chi connectivity index (χ1) is 13.5. The van der Waals surface area contributed by atoms with Crippen molar-refractivity contribution in [2.75, 3.05) is 0 Å². The second-order valence-corrected chi connectivity index (χ2v) is 9.04. The van der Waals surface area contributed by atoms with Gasteiger partial charge >= 0.3 is 0 Å². The molecule has 4 rings (SSSR count). The Balaban J connectivity index is 1.93. The van der Waals surface area contributed by atoms with Crippen LogP contribution in [0.5, 0.6) is 0 Å². The van der Waals surface area contributed by atoms with Crippen molar-refractivity contribution in [2.24, 2.45) is 0 Å². The van der Waals surface area contributed by atoms with E-state index in [9.17, 15) is 0 Å². The average molecular weight is 369 g/mol. The zero-order valence-electron chi connectivity index (χ0n) is 17.9. The topological polar surface area (TPSA) is 0 Å². The molecule has 3 aromatic carbocycles. The summed E-state index contributed by atoms with van der Waals surface area (Å²) in [4.78, 5) is 0. The summed E-state index contributed by atoms with van der Waals surface area (Å²) in [5, 5.41) is 0. The lowest BCUT2D eigenvalue weighted by Gasteiger charge is -2.25. The Morgan fingerprint density at radius 1 is 0.821 bits per heavy atom. The van der Waals surface area contributed by atoms with Crippen molar-refractivity contribution in [1.82, 2.24) is 0 Å². The van der Waals surface area contributed by atoms with Crippen molar-refractivity contribution in [2.45, 2.75) is 64.7 Å². The Morgan fingerprint density at radius 2 is 1.46 bits per heavy atom. The molecule has 1 aliphatic rings. The molecule has 2 atom stereocenters. The maximum atomic E-state index is 2.49. The van der Waals surface area contributed by atoms with E-state index in [1.807, 2.05) is 0 Å². The van der Waals surface area contributed by atoms with E-state index in [2.05, 4.69) is 101 Å². The molecule has 2 unspecified atom stereocenters. The third-order valence-corrected chi connectivity index (χ3v) is 7.02. The van der Waals surface area contributed by atoms with Crippen molar-refractivity contribution in [3.05, 3.63) is 94.5 Å². The van der Waals surface area contributed by atoms with E-state index in [0.29, 0.717) is 11.8 Å². The number of rotatable bonds is 5. The predicted octanol–water partition coefficient (Wildman–Crippen LogP) is 8.05. The molecule has 0 bridgehead atoms. The summed E-state index contributed by atoms with van der Waals surface area (Å²) in [6, 6.07) is 25.4. The van der Waals surface area contributed by atoms with Gasteiger partial charge in [0.25, 0.3) is 0 Å². The molecular weight excluding hydrogens is 336 g/mol. The van der Waals surface area contributed by atoms with Crippen LogP contribution in [-0.4, -0.2) is 0 Å². The lowest BCUT2D eigenvalue weighted by molar-refractivity contribution is 0.506. The minimum absolute atomic E-state index is 0.201. The highest BCUT2D eigenvalue weighted by Gasteiger charge is 2.32. The lowest BCUT2D eigenvalue weighted by Crippen LogP contribution is -2.16. The molecule has 0 saturated carbocycles. The van der Waals surface area contributed by atoms with Gasteiger partial charge in [-0.05, 0) is 63.1 Å². The van der Waals surface area contributed by atoms with Crippen LogP contribution in [0.25, 0.3) is 11.1 Å². The van der Waals surface area contributed by atoms with Crippen molar-refractivity contribution >= 4 is 0 Å².